The van der Waals surface area contributed by atoms with Crippen molar-refractivity contribution < 1.29 is 39.8 Å². The van der Waals surface area contributed by atoms with Crippen molar-refractivity contribution >= 4 is 5.91 Å². The summed E-state index contributed by atoms with van der Waals surface area (Å²) < 4.78 is 11.4. The quantitative estimate of drug-likeness (QED) is 0.0261. The molecule has 458 valence electrons. The number of carbonyl (C=O) groups excluding carboxylic acids is 1. The van der Waals surface area contributed by atoms with Gasteiger partial charge >= 0.3 is 0 Å². The Labute approximate surface area is 486 Å². The van der Waals surface area contributed by atoms with Crippen LogP contribution in [-0.2, 0) is 14.3 Å². The van der Waals surface area contributed by atoms with Crippen LogP contribution < -0.4 is 5.32 Å². The highest BCUT2D eigenvalue weighted by Crippen LogP contribution is 2.23. The largest absolute Gasteiger partial charge is 0.394 e. The number of amides is 1. The molecule has 1 heterocycles. The van der Waals surface area contributed by atoms with Crippen molar-refractivity contribution in [3.8, 4) is 0 Å². The first kappa shape index (κ1) is 74.4. The predicted octanol–water partition coefficient (Wildman–Crippen LogP) is 17.7. The van der Waals surface area contributed by atoms with E-state index in [0.717, 1.165) is 89.9 Å². The minimum Gasteiger partial charge on any atom is -0.394 e. The minimum atomic E-state index is -1.56. The lowest BCUT2D eigenvalue weighted by molar-refractivity contribution is -0.302. The zero-order valence-corrected chi connectivity index (χ0v) is 51.1. The maximum Gasteiger partial charge on any atom is 0.220 e. The van der Waals surface area contributed by atoms with Gasteiger partial charge < -0.3 is 40.3 Å². The summed E-state index contributed by atoms with van der Waals surface area (Å²) in [6.07, 6.45) is 76.2. The normalized spacial score (nSPS) is 19.1. The number of ether oxygens (including phenoxy) is 2. The Morgan fingerprint density at radius 2 is 0.785 bits per heavy atom. The van der Waals surface area contributed by atoms with Crippen LogP contribution >= 0.6 is 0 Å². The maximum atomic E-state index is 13.1. The van der Waals surface area contributed by atoms with Crippen molar-refractivity contribution in [1.29, 1.82) is 0 Å². The molecule has 9 heteroatoms. The highest BCUT2D eigenvalue weighted by molar-refractivity contribution is 5.76. The van der Waals surface area contributed by atoms with E-state index in [1.54, 1.807) is 0 Å². The summed E-state index contributed by atoms with van der Waals surface area (Å²) >= 11 is 0. The Balaban J connectivity index is 2.15. The Morgan fingerprint density at radius 1 is 0.443 bits per heavy atom. The van der Waals surface area contributed by atoms with Crippen LogP contribution in [0.5, 0.6) is 0 Å². The Hall–Kier alpha value is -2.63. The topological polar surface area (TPSA) is 149 Å². The third-order valence-corrected chi connectivity index (χ3v) is 15.5. The molecule has 0 aromatic rings. The van der Waals surface area contributed by atoms with E-state index in [9.17, 15) is 30.3 Å². The third-order valence-electron chi connectivity index (χ3n) is 15.5. The molecule has 0 aromatic heterocycles. The van der Waals surface area contributed by atoms with E-state index in [-0.39, 0.29) is 12.5 Å². The zero-order valence-electron chi connectivity index (χ0n) is 51.1. The molecule has 0 saturated carbocycles. The van der Waals surface area contributed by atoms with Crippen LogP contribution in [0.3, 0.4) is 0 Å². The predicted molar refractivity (Wildman–Crippen MR) is 336 cm³/mol. The fourth-order valence-corrected chi connectivity index (χ4v) is 10.3. The summed E-state index contributed by atoms with van der Waals surface area (Å²) in [5.74, 6) is -0.147. The third kappa shape index (κ3) is 47.6. The monoisotopic (exact) mass is 1110 g/mol. The van der Waals surface area contributed by atoms with E-state index in [1.807, 2.05) is 0 Å². The van der Waals surface area contributed by atoms with Crippen molar-refractivity contribution in [1.82, 2.24) is 5.32 Å². The fourth-order valence-electron chi connectivity index (χ4n) is 10.3. The molecule has 0 spiro atoms. The standard InChI is InChI=1S/C70H125NO8/c1-3-5-7-9-11-13-15-17-19-21-23-25-27-28-29-30-31-32-33-34-35-36-38-40-42-44-46-48-50-52-54-56-58-60-66(74)71-63(62-78-70-69(77)68(76)67(75)65(61-72)79-70)64(73)59-57-55-53-51-49-47-45-43-41-39-37-26-24-22-20-18-16-14-12-10-8-6-4-2/h5,7,11,13,17,19,23,25,28-29,31-32,34-35,63-65,67-70,72-73,75-77H,3-4,6,8-10,12,14-16,18,20-22,24,26-27,30,33,36-62H2,1-2H3,(H,71,74)/b7-5-,13-11-,19-17-,25-23-,29-28-,32-31-,35-34-. The fraction of sp³-hybridized carbons (Fsp3) is 0.786. The van der Waals surface area contributed by atoms with E-state index < -0.39 is 49.5 Å². The number of aliphatic hydroxyl groups is 5. The van der Waals surface area contributed by atoms with E-state index in [1.165, 1.54) is 180 Å². The van der Waals surface area contributed by atoms with Gasteiger partial charge in [0.15, 0.2) is 6.29 Å². The van der Waals surface area contributed by atoms with Gasteiger partial charge in [-0.15, -0.1) is 0 Å². The summed E-state index contributed by atoms with van der Waals surface area (Å²) in [5.41, 5.74) is 0. The number of allylic oxidation sites excluding steroid dienone is 14. The number of rotatable bonds is 57. The number of hydrogen-bond donors (Lipinski definition) is 6. The van der Waals surface area contributed by atoms with Gasteiger partial charge in [0.2, 0.25) is 5.91 Å². The lowest BCUT2D eigenvalue weighted by Gasteiger charge is -2.40. The van der Waals surface area contributed by atoms with Gasteiger partial charge in [-0.25, -0.2) is 0 Å². The number of hydrogen-bond acceptors (Lipinski definition) is 8. The molecule has 9 nitrogen and oxygen atoms in total. The van der Waals surface area contributed by atoms with Gasteiger partial charge in [-0.1, -0.05) is 304 Å². The molecular weight excluding hydrogens is 983 g/mol. The number of nitrogens with one attached hydrogen (secondary N) is 1. The molecule has 1 aliphatic rings. The van der Waals surface area contributed by atoms with E-state index in [0.29, 0.717) is 12.8 Å². The molecule has 1 rings (SSSR count). The van der Waals surface area contributed by atoms with Crippen LogP contribution in [0.4, 0.5) is 0 Å². The first-order chi connectivity index (χ1) is 38.8. The average Bonchev–Trinajstić information content (AvgIpc) is 3.47. The van der Waals surface area contributed by atoms with Crippen molar-refractivity contribution in [2.24, 2.45) is 0 Å². The van der Waals surface area contributed by atoms with Crippen LogP contribution in [0.25, 0.3) is 0 Å². The van der Waals surface area contributed by atoms with Gasteiger partial charge in [0.05, 0.1) is 25.4 Å². The highest BCUT2D eigenvalue weighted by atomic mass is 16.7. The summed E-state index contributed by atoms with van der Waals surface area (Å²) in [6, 6.07) is -0.727. The molecule has 7 unspecified atom stereocenters. The number of aliphatic hydroxyl groups excluding tert-OH is 5. The minimum absolute atomic E-state index is 0.141. The van der Waals surface area contributed by atoms with Crippen LogP contribution in [0.15, 0.2) is 85.1 Å². The summed E-state index contributed by atoms with van der Waals surface area (Å²) in [7, 11) is 0. The number of unbranched alkanes of at least 4 members (excludes halogenated alkanes) is 33. The van der Waals surface area contributed by atoms with Gasteiger partial charge in [-0.2, -0.15) is 0 Å². The van der Waals surface area contributed by atoms with Gasteiger partial charge in [0.1, 0.15) is 24.4 Å². The molecule has 0 aromatic carbocycles. The van der Waals surface area contributed by atoms with Gasteiger partial charge in [0.25, 0.3) is 0 Å². The van der Waals surface area contributed by atoms with Crippen LogP contribution in [0.2, 0.25) is 0 Å². The van der Waals surface area contributed by atoms with Gasteiger partial charge in [0, 0.05) is 6.42 Å². The van der Waals surface area contributed by atoms with E-state index in [2.05, 4.69) is 104 Å². The van der Waals surface area contributed by atoms with Crippen molar-refractivity contribution in [2.75, 3.05) is 13.2 Å². The summed E-state index contributed by atoms with van der Waals surface area (Å²) in [6.45, 7) is 3.75. The molecule has 79 heavy (non-hydrogen) atoms. The molecule has 6 N–H and O–H groups in total. The Kier molecular flexibility index (Phi) is 55.1. The average molecular weight is 1110 g/mol. The van der Waals surface area contributed by atoms with Gasteiger partial charge in [-0.3, -0.25) is 4.79 Å². The lowest BCUT2D eigenvalue weighted by Crippen LogP contribution is -2.60. The second kappa shape index (κ2) is 58.6. The van der Waals surface area contributed by atoms with Crippen LogP contribution in [0.1, 0.15) is 296 Å². The summed E-state index contributed by atoms with van der Waals surface area (Å²) in [5, 5.41) is 54.9. The van der Waals surface area contributed by atoms with Crippen LogP contribution in [0, 0.1) is 0 Å². The molecule has 7 atom stereocenters. The highest BCUT2D eigenvalue weighted by Gasteiger charge is 2.44. The van der Waals surface area contributed by atoms with Crippen LogP contribution in [-0.4, -0.2) is 87.5 Å². The Bertz CT molecular complexity index is 1520. The van der Waals surface area contributed by atoms with E-state index >= 15 is 0 Å². The zero-order chi connectivity index (χ0) is 57.2. The molecule has 1 aliphatic heterocycles. The second-order valence-electron chi connectivity index (χ2n) is 22.9. The van der Waals surface area contributed by atoms with E-state index in [4.69, 9.17) is 9.47 Å². The SMILES string of the molecule is CC/C=C\C/C=C\C/C=C\C/C=C\C/C=C\C/C=C\C/C=C\CCCCCCCCCCCCCC(=O)NC(COC1OC(CO)C(O)C(O)C1O)C(O)CCCCCCCCCCCCCCCCCCCCCCCCC. The maximum absolute atomic E-state index is 13.1. The second-order valence-corrected chi connectivity index (χ2v) is 22.9. The first-order valence-electron chi connectivity index (χ1n) is 33.3. The molecule has 1 amide bonds. The van der Waals surface area contributed by atoms with Crippen molar-refractivity contribution in [3.63, 3.8) is 0 Å². The van der Waals surface area contributed by atoms with Gasteiger partial charge in [-0.05, 0) is 70.6 Å². The molecule has 0 radical (unpaired) electrons. The summed E-state index contributed by atoms with van der Waals surface area (Å²) in [4.78, 5) is 13.1. The van der Waals surface area contributed by atoms with Crippen molar-refractivity contribution in [2.45, 2.75) is 339 Å². The number of carbonyl (C=O) groups is 1. The lowest BCUT2D eigenvalue weighted by atomic mass is 9.99. The first-order valence-corrected chi connectivity index (χ1v) is 33.3. The van der Waals surface area contributed by atoms with Crippen molar-refractivity contribution in [3.05, 3.63) is 85.1 Å². The molecule has 1 fully saturated rings. The molecular formula is C70H125NO8. The smallest absolute Gasteiger partial charge is 0.220 e. The molecule has 0 bridgehead atoms. The molecule has 0 aliphatic carbocycles. The molecule has 1 saturated heterocycles. The Morgan fingerprint density at radius 3 is 1.16 bits per heavy atom.